The largest absolute Gasteiger partial charge is 0.382 e. The van der Waals surface area contributed by atoms with Crippen molar-refractivity contribution in [2.75, 3.05) is 6.26 Å². The summed E-state index contributed by atoms with van der Waals surface area (Å²) in [4.78, 5) is 1.12. The van der Waals surface area contributed by atoms with Crippen LogP contribution in [0, 0.1) is 0 Å². The summed E-state index contributed by atoms with van der Waals surface area (Å²) in [6.07, 6.45) is 3.42. The zero-order chi connectivity index (χ0) is 11.5. The summed E-state index contributed by atoms with van der Waals surface area (Å²) >= 11 is 1.66. The first-order valence-corrected chi connectivity index (χ1v) is 6.38. The normalized spacial score (nSPS) is 12.7. The summed E-state index contributed by atoms with van der Waals surface area (Å²) < 4.78 is 1.95. The van der Waals surface area contributed by atoms with Gasteiger partial charge in [0.15, 0.2) is 0 Å². The van der Waals surface area contributed by atoms with Crippen LogP contribution in [0.25, 0.3) is 0 Å². The Kier molecular flexibility index (Phi) is 3.36. The Morgan fingerprint density at radius 1 is 1.19 bits per heavy atom. The lowest BCUT2D eigenvalue weighted by Crippen LogP contribution is -2.06. The first kappa shape index (κ1) is 11.3. The molecule has 0 amide bonds. The van der Waals surface area contributed by atoms with Crippen molar-refractivity contribution in [3.8, 4) is 0 Å². The van der Waals surface area contributed by atoms with E-state index in [9.17, 15) is 5.11 Å². The third-order valence-corrected chi connectivity index (χ3v) is 3.51. The fraction of sp³-hybridized carbons (Fsp3) is 0.231. The van der Waals surface area contributed by atoms with Crippen LogP contribution in [-0.4, -0.2) is 15.9 Å². The van der Waals surface area contributed by atoms with Gasteiger partial charge >= 0.3 is 0 Å². The number of hydrogen-bond donors (Lipinski definition) is 1. The molecule has 2 rings (SSSR count). The Balaban J connectivity index is 2.41. The van der Waals surface area contributed by atoms with E-state index in [0.717, 1.165) is 16.2 Å². The van der Waals surface area contributed by atoms with Gasteiger partial charge in [-0.05, 0) is 30.0 Å². The maximum absolute atomic E-state index is 10.3. The molecule has 0 unspecified atom stereocenters. The van der Waals surface area contributed by atoms with Gasteiger partial charge in [-0.1, -0.05) is 18.2 Å². The van der Waals surface area contributed by atoms with E-state index in [4.69, 9.17) is 0 Å². The highest BCUT2D eigenvalue weighted by atomic mass is 32.2. The van der Waals surface area contributed by atoms with Crippen molar-refractivity contribution in [3.63, 3.8) is 0 Å². The molecule has 1 aromatic carbocycles. The lowest BCUT2D eigenvalue weighted by molar-refractivity contribution is 0.208. The molecular weight excluding hydrogens is 218 g/mol. The summed E-state index contributed by atoms with van der Waals surface area (Å²) in [5.41, 5.74) is 1.89. The molecule has 1 atom stereocenters. The highest BCUT2D eigenvalue weighted by Crippen LogP contribution is 2.29. The quantitative estimate of drug-likeness (QED) is 0.825. The lowest BCUT2D eigenvalue weighted by Gasteiger charge is -2.15. The number of nitrogens with zero attached hydrogens (tertiary/aromatic N) is 1. The topological polar surface area (TPSA) is 25.2 Å². The molecule has 1 N–H and O–H groups in total. The molecule has 3 heteroatoms. The van der Waals surface area contributed by atoms with Crippen molar-refractivity contribution >= 4 is 11.8 Å². The first-order valence-electron chi connectivity index (χ1n) is 5.16. The molecule has 0 aliphatic carbocycles. The number of hydrogen-bond acceptors (Lipinski definition) is 2. The summed E-state index contributed by atoms with van der Waals surface area (Å²) in [5, 5.41) is 10.3. The average Bonchev–Trinajstić information content (AvgIpc) is 2.74. The summed E-state index contributed by atoms with van der Waals surface area (Å²) in [5.74, 6) is 0. The van der Waals surface area contributed by atoms with Crippen molar-refractivity contribution in [1.29, 1.82) is 0 Å². The maximum Gasteiger partial charge on any atom is 0.120 e. The SMILES string of the molecule is CSc1ccccc1[C@H](O)c1cccn1C. The van der Waals surface area contributed by atoms with Crippen LogP contribution < -0.4 is 0 Å². The minimum absolute atomic E-state index is 0.552. The summed E-state index contributed by atoms with van der Waals surface area (Å²) in [7, 11) is 1.94. The smallest absolute Gasteiger partial charge is 0.120 e. The Hall–Kier alpha value is -1.19. The van der Waals surface area contributed by atoms with Gasteiger partial charge in [0.1, 0.15) is 6.10 Å². The van der Waals surface area contributed by atoms with Gasteiger partial charge in [-0.3, -0.25) is 0 Å². The predicted octanol–water partition coefficient (Wildman–Crippen LogP) is 2.83. The molecular formula is C13H15NOS. The zero-order valence-corrected chi connectivity index (χ0v) is 10.2. The first-order chi connectivity index (χ1) is 7.74. The van der Waals surface area contributed by atoms with Gasteiger partial charge in [0.2, 0.25) is 0 Å². The minimum Gasteiger partial charge on any atom is -0.382 e. The molecule has 0 aliphatic heterocycles. The van der Waals surface area contributed by atoms with Crippen LogP contribution in [0.2, 0.25) is 0 Å². The molecule has 2 aromatic rings. The third kappa shape index (κ3) is 2.01. The maximum atomic E-state index is 10.3. The molecule has 16 heavy (non-hydrogen) atoms. The minimum atomic E-state index is -0.552. The third-order valence-electron chi connectivity index (χ3n) is 2.70. The number of aromatic nitrogens is 1. The molecule has 84 valence electrons. The van der Waals surface area contributed by atoms with Gasteiger partial charge in [-0.15, -0.1) is 11.8 Å². The molecule has 0 fully saturated rings. The molecule has 0 radical (unpaired) electrons. The van der Waals surface area contributed by atoms with Crippen molar-refractivity contribution in [2.24, 2.45) is 7.05 Å². The fourth-order valence-electron chi connectivity index (χ4n) is 1.81. The van der Waals surface area contributed by atoms with E-state index in [1.165, 1.54) is 0 Å². The van der Waals surface area contributed by atoms with E-state index in [1.54, 1.807) is 11.8 Å². The van der Waals surface area contributed by atoms with Crippen molar-refractivity contribution in [1.82, 2.24) is 4.57 Å². The molecule has 1 heterocycles. The highest BCUT2D eigenvalue weighted by Gasteiger charge is 2.15. The number of benzene rings is 1. The van der Waals surface area contributed by atoms with Crippen LogP contribution in [0.15, 0.2) is 47.5 Å². The highest BCUT2D eigenvalue weighted by molar-refractivity contribution is 7.98. The lowest BCUT2D eigenvalue weighted by atomic mass is 10.1. The van der Waals surface area contributed by atoms with E-state index < -0.39 is 6.10 Å². The van der Waals surface area contributed by atoms with Gasteiger partial charge in [0.25, 0.3) is 0 Å². The summed E-state index contributed by atoms with van der Waals surface area (Å²) in [6.45, 7) is 0. The number of aryl methyl sites for hydroxylation is 1. The van der Waals surface area contributed by atoms with Crippen LogP contribution in [-0.2, 0) is 7.05 Å². The average molecular weight is 233 g/mol. The van der Waals surface area contributed by atoms with Crippen LogP contribution in [0.4, 0.5) is 0 Å². The molecule has 0 bridgehead atoms. The van der Waals surface area contributed by atoms with E-state index in [0.29, 0.717) is 0 Å². The van der Waals surface area contributed by atoms with Gasteiger partial charge in [0, 0.05) is 18.1 Å². The second-order valence-electron chi connectivity index (χ2n) is 3.69. The molecule has 0 aliphatic rings. The van der Waals surface area contributed by atoms with Crippen molar-refractivity contribution < 1.29 is 5.11 Å². The predicted molar refractivity (Wildman–Crippen MR) is 67.7 cm³/mol. The van der Waals surface area contributed by atoms with Gasteiger partial charge in [0.05, 0.1) is 5.69 Å². The van der Waals surface area contributed by atoms with E-state index in [-0.39, 0.29) is 0 Å². The molecule has 0 saturated carbocycles. The van der Waals surface area contributed by atoms with Gasteiger partial charge < -0.3 is 9.67 Å². The number of rotatable bonds is 3. The number of thioether (sulfide) groups is 1. The Bertz CT molecular complexity index is 478. The second kappa shape index (κ2) is 4.76. The van der Waals surface area contributed by atoms with Crippen molar-refractivity contribution in [2.45, 2.75) is 11.0 Å². The molecule has 0 spiro atoms. The molecule has 1 aromatic heterocycles. The van der Waals surface area contributed by atoms with E-state index >= 15 is 0 Å². The zero-order valence-electron chi connectivity index (χ0n) is 9.42. The fourth-order valence-corrected chi connectivity index (χ4v) is 2.44. The second-order valence-corrected chi connectivity index (χ2v) is 4.54. The summed E-state index contributed by atoms with van der Waals surface area (Å²) in [6, 6.07) is 11.9. The Morgan fingerprint density at radius 3 is 2.56 bits per heavy atom. The van der Waals surface area contributed by atoms with Crippen LogP contribution in [0.5, 0.6) is 0 Å². The van der Waals surface area contributed by atoms with Gasteiger partial charge in [-0.25, -0.2) is 0 Å². The van der Waals surface area contributed by atoms with Crippen molar-refractivity contribution in [3.05, 3.63) is 53.9 Å². The number of aliphatic hydroxyl groups is 1. The van der Waals surface area contributed by atoms with Gasteiger partial charge in [-0.2, -0.15) is 0 Å². The van der Waals surface area contributed by atoms with E-state index in [2.05, 4.69) is 0 Å². The van der Waals surface area contributed by atoms with Crippen LogP contribution >= 0.6 is 11.8 Å². The Labute approximate surface area is 99.9 Å². The van der Waals surface area contributed by atoms with Crippen LogP contribution in [0.1, 0.15) is 17.4 Å². The number of aliphatic hydroxyl groups excluding tert-OH is 1. The standard InChI is InChI=1S/C13H15NOS/c1-14-9-5-7-11(14)13(15)10-6-3-4-8-12(10)16-2/h3-9,13,15H,1-2H3/t13-/m0/s1. The Morgan fingerprint density at radius 2 is 1.94 bits per heavy atom. The monoisotopic (exact) mass is 233 g/mol. The molecule has 0 saturated heterocycles. The van der Waals surface area contributed by atoms with E-state index in [1.807, 2.05) is 60.5 Å². The van der Waals surface area contributed by atoms with Crippen LogP contribution in [0.3, 0.4) is 0 Å². The molecule has 2 nitrogen and oxygen atoms in total.